The Morgan fingerprint density at radius 3 is 2.77 bits per heavy atom. The van der Waals surface area contributed by atoms with Crippen molar-refractivity contribution in [3.8, 4) is 0 Å². The third kappa shape index (κ3) is 2.81. The molecule has 0 aromatic carbocycles. The normalized spacial score (nSPS) is 13.0. The molecule has 1 atom stereocenters. The Balaban J connectivity index is 2.69. The smallest absolute Gasteiger partial charge is 0.258 e. The molecule has 1 N–H and O–H groups in total. The fourth-order valence-corrected chi connectivity index (χ4v) is 0.976. The Bertz CT molecular complexity index is 281. The van der Waals surface area contributed by atoms with E-state index in [9.17, 15) is 8.78 Å². The van der Waals surface area contributed by atoms with E-state index >= 15 is 0 Å². The summed E-state index contributed by atoms with van der Waals surface area (Å²) < 4.78 is 24.2. The third-order valence-corrected chi connectivity index (χ3v) is 1.82. The van der Waals surface area contributed by atoms with E-state index in [1.54, 1.807) is 12.1 Å². The van der Waals surface area contributed by atoms with Crippen LogP contribution in [-0.4, -0.2) is 17.5 Å². The van der Waals surface area contributed by atoms with E-state index in [0.717, 1.165) is 0 Å². The number of pyridine rings is 1. The number of nitrogens with zero attached hydrogens (tertiary/aromatic N) is 1. The van der Waals surface area contributed by atoms with Crippen molar-refractivity contribution in [3.05, 3.63) is 23.5 Å². The van der Waals surface area contributed by atoms with Crippen LogP contribution in [0.1, 0.15) is 6.92 Å². The van der Waals surface area contributed by atoms with Gasteiger partial charge in [0.25, 0.3) is 6.43 Å². The first-order valence-corrected chi connectivity index (χ1v) is 4.14. The zero-order chi connectivity index (χ0) is 9.84. The predicted octanol–water partition coefficient (Wildman–Crippen LogP) is 2.80. The number of anilines is 1. The van der Waals surface area contributed by atoms with Crippen molar-refractivity contribution in [1.82, 2.24) is 4.98 Å². The summed E-state index contributed by atoms with van der Waals surface area (Å²) in [5.41, 5.74) is 0.428. The second-order valence-corrected chi connectivity index (χ2v) is 2.97. The van der Waals surface area contributed by atoms with E-state index < -0.39 is 12.5 Å². The van der Waals surface area contributed by atoms with Crippen molar-refractivity contribution in [2.24, 2.45) is 0 Å². The first-order valence-electron chi connectivity index (χ1n) is 3.76. The molecule has 72 valence electrons. The standard InChI is InChI=1S/C8H9ClF2N2/c1-5(8(10)11)13-6-3-2-4-12-7(6)9/h2-5,8,13H,1H3. The molecule has 0 radical (unpaired) electrons. The molecule has 1 heterocycles. The highest BCUT2D eigenvalue weighted by Crippen LogP contribution is 2.19. The number of nitrogens with one attached hydrogen (secondary N) is 1. The summed E-state index contributed by atoms with van der Waals surface area (Å²) >= 11 is 5.65. The molecule has 0 spiro atoms. The first-order chi connectivity index (χ1) is 6.11. The van der Waals surface area contributed by atoms with Crippen LogP contribution >= 0.6 is 11.6 Å². The summed E-state index contributed by atoms with van der Waals surface area (Å²) in [7, 11) is 0. The van der Waals surface area contributed by atoms with Gasteiger partial charge in [-0.25, -0.2) is 13.8 Å². The molecule has 1 aromatic rings. The molecule has 1 rings (SSSR count). The van der Waals surface area contributed by atoms with Crippen molar-refractivity contribution in [2.75, 3.05) is 5.32 Å². The van der Waals surface area contributed by atoms with Crippen LogP contribution in [0.5, 0.6) is 0 Å². The Morgan fingerprint density at radius 2 is 2.23 bits per heavy atom. The maximum absolute atomic E-state index is 12.1. The highest BCUT2D eigenvalue weighted by atomic mass is 35.5. The van der Waals surface area contributed by atoms with Gasteiger partial charge < -0.3 is 5.32 Å². The molecule has 2 nitrogen and oxygen atoms in total. The minimum atomic E-state index is -2.42. The van der Waals surface area contributed by atoms with Gasteiger partial charge in [-0.05, 0) is 19.1 Å². The van der Waals surface area contributed by atoms with Crippen LogP contribution in [0, 0.1) is 0 Å². The number of aromatic nitrogens is 1. The van der Waals surface area contributed by atoms with Gasteiger partial charge in [0.2, 0.25) is 0 Å². The number of halogens is 3. The molecule has 0 bridgehead atoms. The van der Waals surface area contributed by atoms with Crippen LogP contribution in [0.15, 0.2) is 18.3 Å². The average Bonchev–Trinajstić information content (AvgIpc) is 2.08. The molecule has 0 aliphatic heterocycles. The second-order valence-electron chi connectivity index (χ2n) is 2.61. The zero-order valence-corrected chi connectivity index (χ0v) is 7.72. The lowest BCUT2D eigenvalue weighted by molar-refractivity contribution is 0.130. The van der Waals surface area contributed by atoms with Crippen molar-refractivity contribution in [1.29, 1.82) is 0 Å². The number of rotatable bonds is 3. The number of alkyl halides is 2. The average molecular weight is 207 g/mol. The van der Waals surface area contributed by atoms with Crippen LogP contribution in [-0.2, 0) is 0 Å². The van der Waals surface area contributed by atoms with E-state index in [2.05, 4.69) is 10.3 Å². The summed E-state index contributed by atoms with van der Waals surface area (Å²) in [6, 6.07) is 2.31. The third-order valence-electron chi connectivity index (χ3n) is 1.52. The number of hydrogen-bond donors (Lipinski definition) is 1. The van der Waals surface area contributed by atoms with Crippen molar-refractivity contribution in [3.63, 3.8) is 0 Å². The van der Waals surface area contributed by atoms with Gasteiger partial charge in [0, 0.05) is 6.20 Å². The highest BCUT2D eigenvalue weighted by Gasteiger charge is 2.14. The van der Waals surface area contributed by atoms with E-state index in [4.69, 9.17) is 11.6 Å². The fraction of sp³-hybridized carbons (Fsp3) is 0.375. The quantitative estimate of drug-likeness (QED) is 0.770. The van der Waals surface area contributed by atoms with Crippen LogP contribution in [0.4, 0.5) is 14.5 Å². The second kappa shape index (κ2) is 4.37. The molecular weight excluding hydrogens is 198 g/mol. The Labute approximate surface area is 79.9 Å². The summed E-state index contributed by atoms with van der Waals surface area (Å²) in [6.45, 7) is 1.38. The lowest BCUT2D eigenvalue weighted by atomic mass is 10.3. The van der Waals surface area contributed by atoms with Gasteiger partial charge in [0.15, 0.2) is 5.15 Å². The summed E-state index contributed by atoms with van der Waals surface area (Å²) in [5.74, 6) is 0. The fourth-order valence-electron chi connectivity index (χ4n) is 0.802. The minimum absolute atomic E-state index is 0.204. The van der Waals surface area contributed by atoms with Gasteiger partial charge in [-0.15, -0.1) is 0 Å². The molecule has 0 saturated heterocycles. The maximum atomic E-state index is 12.1. The van der Waals surface area contributed by atoms with Gasteiger partial charge in [-0.2, -0.15) is 0 Å². The van der Waals surface area contributed by atoms with E-state index in [0.29, 0.717) is 5.69 Å². The summed E-state index contributed by atoms with van der Waals surface area (Å²) in [6.07, 6.45) is -0.920. The Morgan fingerprint density at radius 1 is 1.54 bits per heavy atom. The topological polar surface area (TPSA) is 24.9 Å². The largest absolute Gasteiger partial charge is 0.374 e. The molecule has 5 heteroatoms. The monoisotopic (exact) mass is 206 g/mol. The van der Waals surface area contributed by atoms with Crippen LogP contribution in [0.25, 0.3) is 0 Å². The molecule has 0 aliphatic rings. The van der Waals surface area contributed by atoms with Crippen molar-refractivity contribution in [2.45, 2.75) is 19.4 Å². The first kappa shape index (κ1) is 10.2. The molecule has 0 fully saturated rings. The maximum Gasteiger partial charge on any atom is 0.258 e. The predicted molar refractivity (Wildman–Crippen MR) is 48.3 cm³/mol. The molecule has 0 saturated carbocycles. The van der Waals surface area contributed by atoms with E-state index in [1.807, 2.05) is 0 Å². The van der Waals surface area contributed by atoms with E-state index in [-0.39, 0.29) is 5.15 Å². The SMILES string of the molecule is CC(Nc1cccnc1Cl)C(F)F. The number of hydrogen-bond acceptors (Lipinski definition) is 2. The lowest BCUT2D eigenvalue weighted by Gasteiger charge is -2.14. The van der Waals surface area contributed by atoms with Crippen LogP contribution in [0.2, 0.25) is 5.15 Å². The van der Waals surface area contributed by atoms with Gasteiger partial charge in [-0.1, -0.05) is 11.6 Å². The summed E-state index contributed by atoms with van der Waals surface area (Å²) in [5, 5.41) is 2.77. The highest BCUT2D eigenvalue weighted by molar-refractivity contribution is 6.31. The summed E-state index contributed by atoms with van der Waals surface area (Å²) in [4.78, 5) is 3.75. The van der Waals surface area contributed by atoms with Crippen LogP contribution < -0.4 is 5.32 Å². The molecule has 0 amide bonds. The van der Waals surface area contributed by atoms with Crippen LogP contribution in [0.3, 0.4) is 0 Å². The molecule has 0 aliphatic carbocycles. The molecule has 1 aromatic heterocycles. The van der Waals surface area contributed by atoms with Gasteiger partial charge >= 0.3 is 0 Å². The minimum Gasteiger partial charge on any atom is -0.374 e. The molecule has 1 unspecified atom stereocenters. The lowest BCUT2D eigenvalue weighted by Crippen LogP contribution is -2.23. The van der Waals surface area contributed by atoms with Gasteiger partial charge in [-0.3, -0.25) is 0 Å². The Kier molecular flexibility index (Phi) is 3.42. The molecule has 13 heavy (non-hydrogen) atoms. The van der Waals surface area contributed by atoms with Gasteiger partial charge in [0.1, 0.15) is 0 Å². The van der Waals surface area contributed by atoms with Crippen molar-refractivity contribution >= 4 is 17.3 Å². The van der Waals surface area contributed by atoms with Crippen molar-refractivity contribution < 1.29 is 8.78 Å². The van der Waals surface area contributed by atoms with Gasteiger partial charge in [0.05, 0.1) is 11.7 Å². The zero-order valence-electron chi connectivity index (χ0n) is 6.97. The Hall–Kier alpha value is -0.900. The van der Waals surface area contributed by atoms with E-state index in [1.165, 1.54) is 13.1 Å². The molecular formula is C8H9ClF2N2.